The molecule has 0 aromatic heterocycles. The van der Waals surface area contributed by atoms with E-state index in [-0.39, 0.29) is 18.5 Å². The minimum atomic E-state index is -0.00717. The molecular formula is C18H22N2O. The Bertz CT molecular complexity index is 608. The van der Waals surface area contributed by atoms with Crippen molar-refractivity contribution in [3.8, 4) is 0 Å². The quantitative estimate of drug-likeness (QED) is 0.880. The molecule has 0 heterocycles. The number of carbonyl (C=O) groups is 1. The standard InChI is InChI=1S/C18H22N2O/c1-13-8-7-11-17(14(13)2)19-12-18(21)20-15(3)16-9-5-4-6-10-16/h4-11,15,19H,12H2,1-3H3,(H,20,21)/t15-/m1/s1. The second kappa shape index (κ2) is 6.93. The number of aryl methyl sites for hydroxylation is 1. The fraction of sp³-hybridized carbons (Fsp3) is 0.278. The highest BCUT2D eigenvalue weighted by Crippen LogP contribution is 2.17. The molecule has 0 bridgehead atoms. The van der Waals surface area contributed by atoms with E-state index < -0.39 is 0 Å². The number of benzene rings is 2. The number of nitrogens with one attached hydrogen (secondary N) is 2. The van der Waals surface area contributed by atoms with Crippen LogP contribution >= 0.6 is 0 Å². The van der Waals surface area contributed by atoms with Gasteiger partial charge in [-0.2, -0.15) is 0 Å². The van der Waals surface area contributed by atoms with Crippen LogP contribution in [0.1, 0.15) is 29.7 Å². The Kier molecular flexibility index (Phi) is 4.99. The van der Waals surface area contributed by atoms with Gasteiger partial charge in [-0.25, -0.2) is 0 Å². The van der Waals surface area contributed by atoms with E-state index in [4.69, 9.17) is 0 Å². The lowest BCUT2D eigenvalue weighted by atomic mass is 10.1. The average Bonchev–Trinajstić information content (AvgIpc) is 2.49. The Morgan fingerprint density at radius 2 is 1.76 bits per heavy atom. The number of rotatable bonds is 5. The van der Waals surface area contributed by atoms with Gasteiger partial charge in [0.1, 0.15) is 0 Å². The van der Waals surface area contributed by atoms with Gasteiger partial charge in [0.25, 0.3) is 0 Å². The van der Waals surface area contributed by atoms with E-state index >= 15 is 0 Å². The Balaban J connectivity index is 1.89. The van der Waals surface area contributed by atoms with Gasteiger partial charge in [0, 0.05) is 5.69 Å². The van der Waals surface area contributed by atoms with Crippen LogP contribution in [0.5, 0.6) is 0 Å². The molecule has 0 aliphatic carbocycles. The first-order valence-electron chi connectivity index (χ1n) is 7.22. The van der Waals surface area contributed by atoms with Crippen molar-refractivity contribution in [1.29, 1.82) is 0 Å². The van der Waals surface area contributed by atoms with E-state index in [0.29, 0.717) is 0 Å². The third kappa shape index (κ3) is 4.09. The largest absolute Gasteiger partial charge is 0.376 e. The molecule has 2 N–H and O–H groups in total. The SMILES string of the molecule is Cc1cccc(NCC(=O)N[C@H](C)c2ccccc2)c1C. The van der Waals surface area contributed by atoms with Gasteiger partial charge in [-0.15, -0.1) is 0 Å². The fourth-order valence-corrected chi connectivity index (χ4v) is 2.24. The van der Waals surface area contributed by atoms with Gasteiger partial charge < -0.3 is 10.6 Å². The van der Waals surface area contributed by atoms with Crippen LogP contribution in [0.2, 0.25) is 0 Å². The van der Waals surface area contributed by atoms with Crippen molar-refractivity contribution in [2.45, 2.75) is 26.8 Å². The van der Waals surface area contributed by atoms with Crippen LogP contribution in [-0.4, -0.2) is 12.5 Å². The topological polar surface area (TPSA) is 41.1 Å². The normalized spacial score (nSPS) is 11.8. The predicted octanol–water partition coefficient (Wildman–Crippen LogP) is 3.59. The summed E-state index contributed by atoms with van der Waals surface area (Å²) in [6.07, 6.45) is 0. The lowest BCUT2D eigenvalue weighted by molar-refractivity contribution is -0.120. The minimum Gasteiger partial charge on any atom is -0.376 e. The fourth-order valence-electron chi connectivity index (χ4n) is 2.24. The van der Waals surface area contributed by atoms with Crippen molar-refractivity contribution < 1.29 is 4.79 Å². The van der Waals surface area contributed by atoms with Crippen LogP contribution in [0.4, 0.5) is 5.69 Å². The van der Waals surface area contributed by atoms with Gasteiger partial charge in [-0.3, -0.25) is 4.79 Å². The summed E-state index contributed by atoms with van der Waals surface area (Å²) < 4.78 is 0. The van der Waals surface area contributed by atoms with E-state index in [1.54, 1.807) is 0 Å². The van der Waals surface area contributed by atoms with E-state index in [1.165, 1.54) is 11.1 Å². The first-order chi connectivity index (χ1) is 10.1. The summed E-state index contributed by atoms with van der Waals surface area (Å²) >= 11 is 0. The zero-order valence-electron chi connectivity index (χ0n) is 12.8. The molecule has 0 spiro atoms. The van der Waals surface area contributed by atoms with Crippen LogP contribution in [-0.2, 0) is 4.79 Å². The van der Waals surface area contributed by atoms with Crippen LogP contribution in [0.15, 0.2) is 48.5 Å². The maximum Gasteiger partial charge on any atom is 0.239 e. The van der Waals surface area contributed by atoms with Gasteiger partial charge >= 0.3 is 0 Å². The van der Waals surface area contributed by atoms with E-state index in [1.807, 2.05) is 49.4 Å². The van der Waals surface area contributed by atoms with Gasteiger partial charge in [0.2, 0.25) is 5.91 Å². The molecule has 0 aliphatic heterocycles. The molecule has 0 fully saturated rings. The molecule has 110 valence electrons. The van der Waals surface area contributed by atoms with Gasteiger partial charge in [0.15, 0.2) is 0 Å². The molecule has 0 saturated carbocycles. The third-order valence-electron chi connectivity index (χ3n) is 3.72. The lowest BCUT2D eigenvalue weighted by Crippen LogP contribution is -2.32. The first kappa shape index (κ1) is 15.1. The zero-order chi connectivity index (χ0) is 15.2. The summed E-state index contributed by atoms with van der Waals surface area (Å²) in [5.74, 6) is -0.00717. The zero-order valence-corrected chi connectivity index (χ0v) is 12.8. The van der Waals surface area contributed by atoms with Crippen LogP contribution in [0.3, 0.4) is 0 Å². The van der Waals surface area contributed by atoms with Crippen molar-refractivity contribution in [2.75, 3.05) is 11.9 Å². The van der Waals surface area contributed by atoms with Crippen molar-refractivity contribution in [3.05, 3.63) is 65.2 Å². The highest BCUT2D eigenvalue weighted by Gasteiger charge is 2.09. The molecule has 1 atom stereocenters. The molecule has 0 saturated heterocycles. The van der Waals surface area contributed by atoms with Crippen LogP contribution in [0.25, 0.3) is 0 Å². The average molecular weight is 282 g/mol. The molecule has 1 amide bonds. The highest BCUT2D eigenvalue weighted by atomic mass is 16.1. The molecule has 2 aromatic carbocycles. The second-order valence-corrected chi connectivity index (χ2v) is 5.30. The predicted molar refractivity (Wildman–Crippen MR) is 87.4 cm³/mol. The van der Waals surface area contributed by atoms with E-state index in [0.717, 1.165) is 11.3 Å². The van der Waals surface area contributed by atoms with Crippen molar-refractivity contribution in [2.24, 2.45) is 0 Å². The van der Waals surface area contributed by atoms with Crippen LogP contribution < -0.4 is 10.6 Å². The highest BCUT2D eigenvalue weighted by molar-refractivity contribution is 5.81. The summed E-state index contributed by atoms with van der Waals surface area (Å²) in [5, 5.41) is 6.20. The monoisotopic (exact) mass is 282 g/mol. The maximum absolute atomic E-state index is 12.0. The lowest BCUT2D eigenvalue weighted by Gasteiger charge is -2.16. The molecule has 0 aliphatic rings. The molecule has 0 unspecified atom stereocenters. The van der Waals surface area contributed by atoms with E-state index in [2.05, 4.69) is 30.5 Å². The molecule has 21 heavy (non-hydrogen) atoms. The Morgan fingerprint density at radius 3 is 2.48 bits per heavy atom. The minimum absolute atomic E-state index is 0.00717. The van der Waals surface area contributed by atoms with Gasteiger partial charge in [-0.05, 0) is 43.5 Å². The Morgan fingerprint density at radius 1 is 1.05 bits per heavy atom. The number of anilines is 1. The molecule has 0 radical (unpaired) electrons. The van der Waals surface area contributed by atoms with Gasteiger partial charge in [-0.1, -0.05) is 42.5 Å². The molecule has 3 heteroatoms. The number of carbonyl (C=O) groups excluding carboxylic acids is 1. The number of hydrogen-bond acceptors (Lipinski definition) is 2. The van der Waals surface area contributed by atoms with E-state index in [9.17, 15) is 4.79 Å². The Hall–Kier alpha value is -2.29. The van der Waals surface area contributed by atoms with Gasteiger partial charge in [0.05, 0.1) is 12.6 Å². The maximum atomic E-state index is 12.0. The van der Waals surface area contributed by atoms with Crippen molar-refractivity contribution >= 4 is 11.6 Å². The first-order valence-corrected chi connectivity index (χ1v) is 7.22. The molecule has 2 rings (SSSR count). The molecular weight excluding hydrogens is 260 g/mol. The smallest absolute Gasteiger partial charge is 0.239 e. The number of hydrogen-bond donors (Lipinski definition) is 2. The second-order valence-electron chi connectivity index (χ2n) is 5.30. The van der Waals surface area contributed by atoms with Crippen molar-refractivity contribution in [1.82, 2.24) is 5.32 Å². The van der Waals surface area contributed by atoms with Crippen LogP contribution in [0, 0.1) is 13.8 Å². The Labute approximate surface area is 126 Å². The van der Waals surface area contributed by atoms with Crippen molar-refractivity contribution in [3.63, 3.8) is 0 Å². The molecule has 3 nitrogen and oxygen atoms in total. The number of amides is 1. The summed E-state index contributed by atoms with van der Waals surface area (Å²) in [5.41, 5.74) is 4.52. The third-order valence-corrected chi connectivity index (χ3v) is 3.72. The summed E-state index contributed by atoms with van der Waals surface area (Å²) in [7, 11) is 0. The summed E-state index contributed by atoms with van der Waals surface area (Å²) in [6, 6.07) is 16.0. The summed E-state index contributed by atoms with van der Waals surface area (Å²) in [6.45, 7) is 6.40. The molecule has 2 aromatic rings. The summed E-state index contributed by atoms with van der Waals surface area (Å²) in [4.78, 5) is 12.0.